The normalized spacial score (nSPS) is 13.8. The number of halogens is 1. The van der Waals surface area contributed by atoms with Gasteiger partial charge in [0.15, 0.2) is 5.69 Å². The van der Waals surface area contributed by atoms with Crippen molar-refractivity contribution in [1.82, 2.24) is 25.3 Å². The minimum Gasteiger partial charge on any atom is -0.550 e. The Morgan fingerprint density at radius 3 is 2.41 bits per heavy atom. The Morgan fingerprint density at radius 1 is 1.16 bits per heavy atom. The number of anilines is 4. The van der Waals surface area contributed by atoms with Crippen LogP contribution in [0, 0.1) is 5.82 Å². The molecule has 8 N–H and O–H groups in total. The predicted molar refractivity (Wildman–Crippen MR) is 149 cm³/mol. The van der Waals surface area contributed by atoms with E-state index >= 15 is 0 Å². The smallest absolute Gasteiger partial charge is 0.550 e. The molecule has 0 saturated heterocycles. The standard InChI is InChI=1S/C20H23N7O7.C4H3FN2O2.Ca/c21-20-25-16-15(18(32)26-20)27(9-28)12(8-23-16)7-22-11-3-1-10(2-4-11)17(31)24-13(19(33)34)5-6-14(29)30;5-2-1-6-4(9)7-3(2)8;/h1-4,9,12-13,22H,5-8H2,(H,24,31)(H,29,30)(H,33,34)(H4,21,23,25,26,32);1H,(H2,6,7,8,9);/q;;+2/p-2/t12?,13-;;/m0../s1. The zero-order valence-corrected chi connectivity index (χ0v) is 24.9. The third-order valence-corrected chi connectivity index (χ3v) is 5.88. The second-order valence-corrected chi connectivity index (χ2v) is 8.83. The number of carbonyl (C=O) groups is 4. The Labute approximate surface area is 275 Å². The van der Waals surface area contributed by atoms with Crippen LogP contribution in [0.1, 0.15) is 23.2 Å². The second kappa shape index (κ2) is 16.2. The molecule has 2 atom stereocenters. The fraction of sp³-hybridized carbons (Fsp3) is 0.250. The molecule has 1 aliphatic heterocycles. The van der Waals surface area contributed by atoms with E-state index in [0.29, 0.717) is 30.7 Å². The first-order chi connectivity index (χ1) is 20.4. The van der Waals surface area contributed by atoms with Crippen LogP contribution in [0.5, 0.6) is 0 Å². The molecule has 20 heteroatoms. The van der Waals surface area contributed by atoms with Gasteiger partial charge in [0.1, 0.15) is 5.82 Å². The molecule has 18 nitrogen and oxygen atoms in total. The van der Waals surface area contributed by atoms with Crippen molar-refractivity contribution in [2.45, 2.75) is 24.9 Å². The topological polar surface area (TPSA) is 291 Å². The van der Waals surface area contributed by atoms with Gasteiger partial charge in [-0.1, -0.05) is 0 Å². The summed E-state index contributed by atoms with van der Waals surface area (Å²) in [5.41, 5.74) is 3.95. The van der Waals surface area contributed by atoms with Crippen LogP contribution in [-0.4, -0.2) is 107 Å². The number of carbonyl (C=O) groups excluding carboxylic acids is 4. The Hall–Kier alpha value is -4.75. The maximum absolute atomic E-state index is 12.3. The van der Waals surface area contributed by atoms with Crippen LogP contribution in [0.4, 0.5) is 27.5 Å². The molecule has 2 aromatic heterocycles. The number of carboxylic acids is 2. The summed E-state index contributed by atoms with van der Waals surface area (Å²) < 4.78 is 12.0. The van der Waals surface area contributed by atoms with Crippen LogP contribution < -0.4 is 53.6 Å². The summed E-state index contributed by atoms with van der Waals surface area (Å²) >= 11 is 0. The van der Waals surface area contributed by atoms with E-state index in [2.05, 4.69) is 25.9 Å². The van der Waals surface area contributed by atoms with Crippen molar-refractivity contribution in [2.75, 3.05) is 34.4 Å². The zero-order valence-electron chi connectivity index (χ0n) is 22.7. The summed E-state index contributed by atoms with van der Waals surface area (Å²) in [6, 6.07) is 4.08. The molecule has 0 saturated carbocycles. The number of nitrogen functional groups attached to an aromatic ring is 1. The third kappa shape index (κ3) is 9.64. The average Bonchev–Trinajstić information content (AvgIpc) is 2.96. The molecule has 0 aliphatic carbocycles. The van der Waals surface area contributed by atoms with Gasteiger partial charge in [-0.3, -0.25) is 24.2 Å². The van der Waals surface area contributed by atoms with E-state index in [1.807, 2.05) is 4.98 Å². The Morgan fingerprint density at radius 2 is 1.84 bits per heavy atom. The van der Waals surface area contributed by atoms with Gasteiger partial charge >= 0.3 is 49.0 Å². The fourth-order valence-corrected chi connectivity index (χ4v) is 3.78. The molecule has 0 radical (unpaired) electrons. The fourth-order valence-electron chi connectivity index (χ4n) is 3.78. The minimum atomic E-state index is -1.60. The van der Waals surface area contributed by atoms with E-state index < -0.39 is 59.0 Å². The van der Waals surface area contributed by atoms with Gasteiger partial charge in [-0.15, -0.1) is 0 Å². The second-order valence-electron chi connectivity index (χ2n) is 8.83. The monoisotopic (exact) mass is 641 g/mol. The molecule has 3 heterocycles. The molecule has 0 bridgehead atoms. The van der Waals surface area contributed by atoms with E-state index in [1.54, 1.807) is 17.1 Å². The molecule has 228 valence electrons. The number of hydrogen-bond donors (Lipinski definition) is 7. The van der Waals surface area contributed by atoms with Crippen molar-refractivity contribution in [3.8, 4) is 0 Å². The van der Waals surface area contributed by atoms with E-state index in [1.165, 1.54) is 17.0 Å². The number of carboxylic acid groups (broad SMARTS) is 2. The molecule has 1 unspecified atom stereocenters. The quantitative estimate of drug-likeness (QED) is 0.0811. The van der Waals surface area contributed by atoms with Crippen molar-refractivity contribution >= 4 is 85.1 Å². The number of nitrogens with zero attached hydrogens (tertiary/aromatic N) is 2. The van der Waals surface area contributed by atoms with Crippen molar-refractivity contribution in [3.63, 3.8) is 0 Å². The summed E-state index contributed by atoms with van der Waals surface area (Å²) in [5.74, 6) is -4.53. The van der Waals surface area contributed by atoms with Gasteiger partial charge in [0.2, 0.25) is 18.2 Å². The van der Waals surface area contributed by atoms with E-state index in [4.69, 9.17) is 5.73 Å². The third-order valence-electron chi connectivity index (χ3n) is 5.88. The average molecular weight is 642 g/mol. The largest absolute Gasteiger partial charge is 2.00 e. The van der Waals surface area contributed by atoms with Crippen LogP contribution in [0.3, 0.4) is 0 Å². The molecule has 4 rings (SSSR count). The minimum absolute atomic E-state index is 0. The first-order valence-corrected chi connectivity index (χ1v) is 12.3. The molecule has 0 fully saturated rings. The maximum Gasteiger partial charge on any atom is 2.00 e. The SMILES string of the molecule is Nc1nc(=O)c2c([nH]1)NCC(CNc1ccc(C(=O)N[C@@H](CCC(=O)[O-])C(=O)[O-])cc1)N2C=O.O=c1[nH]cc(F)c(=O)[nH]1.[Ca+2]. The summed E-state index contributed by atoms with van der Waals surface area (Å²) in [6.45, 7) is 0.561. The number of fused-ring (bicyclic) bond motifs is 1. The van der Waals surface area contributed by atoms with Gasteiger partial charge in [0.25, 0.3) is 11.5 Å². The van der Waals surface area contributed by atoms with Crippen LogP contribution in [0.2, 0.25) is 0 Å². The Bertz CT molecular complexity index is 1680. The van der Waals surface area contributed by atoms with Gasteiger partial charge in [0.05, 0.1) is 18.1 Å². The number of rotatable bonds is 10. The number of H-pyrrole nitrogens is 3. The molecule has 44 heavy (non-hydrogen) atoms. The Balaban J connectivity index is 0.000000579. The molecule has 0 spiro atoms. The van der Waals surface area contributed by atoms with Crippen LogP contribution in [-0.2, 0) is 14.4 Å². The number of nitrogens with one attached hydrogen (secondary N) is 6. The van der Waals surface area contributed by atoms with Crippen LogP contribution >= 0.6 is 0 Å². The molecular formula is C24H24CaFN9O9. The first kappa shape index (κ1) is 35.4. The van der Waals surface area contributed by atoms with Crippen LogP contribution in [0.25, 0.3) is 0 Å². The van der Waals surface area contributed by atoms with Crippen molar-refractivity contribution in [2.24, 2.45) is 0 Å². The van der Waals surface area contributed by atoms with Gasteiger partial charge in [-0.25, -0.2) is 4.79 Å². The number of amides is 2. The molecule has 3 aromatic rings. The van der Waals surface area contributed by atoms with Gasteiger partial charge < -0.3 is 56.4 Å². The van der Waals surface area contributed by atoms with Gasteiger partial charge in [-0.05, 0) is 37.1 Å². The number of aromatic nitrogens is 4. The van der Waals surface area contributed by atoms with Crippen molar-refractivity contribution in [1.29, 1.82) is 0 Å². The predicted octanol–water partition coefficient (Wildman–Crippen LogP) is -4.58. The van der Waals surface area contributed by atoms with Gasteiger partial charge in [-0.2, -0.15) is 9.37 Å². The first-order valence-electron chi connectivity index (χ1n) is 12.3. The molecule has 2 amide bonds. The Kier molecular flexibility index (Phi) is 13.0. The number of benzene rings is 1. The van der Waals surface area contributed by atoms with Crippen LogP contribution in [0.15, 0.2) is 44.8 Å². The summed E-state index contributed by atoms with van der Waals surface area (Å²) in [6.07, 6.45) is 0.323. The van der Waals surface area contributed by atoms with E-state index in [-0.39, 0.29) is 67.9 Å². The maximum atomic E-state index is 12.3. The van der Waals surface area contributed by atoms with Crippen molar-refractivity contribution in [3.05, 3.63) is 73.0 Å². The van der Waals surface area contributed by atoms with E-state index in [9.17, 15) is 48.2 Å². The number of aliphatic carboxylic acids is 2. The van der Waals surface area contributed by atoms with E-state index in [0.717, 1.165) is 0 Å². The van der Waals surface area contributed by atoms with Crippen molar-refractivity contribution < 1.29 is 33.8 Å². The summed E-state index contributed by atoms with van der Waals surface area (Å²) in [7, 11) is 0. The molecule has 1 aliphatic rings. The number of aromatic amines is 3. The molecule has 1 aromatic carbocycles. The number of hydrogen-bond acceptors (Lipinski definition) is 13. The number of nitrogens with two attached hydrogens (primary N) is 1. The molecular weight excluding hydrogens is 617 g/mol. The zero-order chi connectivity index (χ0) is 31.7. The summed E-state index contributed by atoms with van der Waals surface area (Å²) in [5, 5.41) is 30.0. The van der Waals surface area contributed by atoms with Gasteiger partial charge in [0, 0.05) is 36.5 Å². The summed E-state index contributed by atoms with van der Waals surface area (Å²) in [4.78, 5) is 89.3.